The van der Waals surface area contributed by atoms with Crippen LogP contribution in [0, 0.1) is 0 Å². The van der Waals surface area contributed by atoms with Gasteiger partial charge in [0, 0.05) is 5.75 Å². The average molecular weight is 380 g/mol. The van der Waals surface area contributed by atoms with Crippen LogP contribution in [0.15, 0.2) is 36.4 Å². The van der Waals surface area contributed by atoms with E-state index in [0.717, 1.165) is 12.1 Å². The number of thiol groups is 1. The molecule has 0 aliphatic heterocycles. The van der Waals surface area contributed by atoms with Crippen LogP contribution in [0.3, 0.4) is 0 Å². The number of hydrogen-bond acceptors (Lipinski definition) is 2. The molecule has 0 spiro atoms. The van der Waals surface area contributed by atoms with Gasteiger partial charge in [-0.2, -0.15) is 39.0 Å². The molecule has 25 heavy (non-hydrogen) atoms. The lowest BCUT2D eigenvalue weighted by molar-refractivity contribution is -0.143. The maximum absolute atomic E-state index is 12.9. The molecule has 0 fully saturated rings. The quantitative estimate of drug-likeness (QED) is 0.544. The summed E-state index contributed by atoms with van der Waals surface area (Å²) in [5.41, 5.74) is -3.10. The van der Waals surface area contributed by atoms with Crippen LogP contribution in [0.2, 0.25) is 0 Å². The minimum Gasteiger partial charge on any atom is -0.478 e. The zero-order valence-electron chi connectivity index (χ0n) is 12.2. The third kappa shape index (κ3) is 4.28. The molecule has 2 aromatic carbocycles. The summed E-state index contributed by atoms with van der Waals surface area (Å²) in [5.74, 6) is -1.31. The first kappa shape index (κ1) is 19.2. The fourth-order valence-corrected chi connectivity index (χ4v) is 2.50. The monoisotopic (exact) mass is 380 g/mol. The first-order chi connectivity index (χ1) is 11.4. The molecular formula is C16H10F6O2S. The highest BCUT2D eigenvalue weighted by atomic mass is 32.1. The predicted octanol–water partition coefficient (Wildman–Crippen LogP) is 5.52. The summed E-state index contributed by atoms with van der Waals surface area (Å²) in [6, 6.07) is 4.71. The third-order valence-electron chi connectivity index (χ3n) is 3.43. The van der Waals surface area contributed by atoms with Crippen LogP contribution in [-0.4, -0.2) is 11.1 Å². The molecule has 0 unspecified atom stereocenters. The molecule has 0 atom stereocenters. The highest BCUT2D eigenvalue weighted by molar-refractivity contribution is 7.79. The number of halogens is 6. The summed E-state index contributed by atoms with van der Waals surface area (Å²) < 4.78 is 77.5. The van der Waals surface area contributed by atoms with Gasteiger partial charge in [-0.05, 0) is 47.0 Å². The lowest BCUT2D eigenvalue weighted by Gasteiger charge is -2.15. The number of alkyl halides is 6. The van der Waals surface area contributed by atoms with Gasteiger partial charge >= 0.3 is 18.3 Å². The highest BCUT2D eigenvalue weighted by Crippen LogP contribution is 2.39. The summed E-state index contributed by atoms with van der Waals surface area (Å²) in [5, 5.41) is 9.03. The Morgan fingerprint density at radius 1 is 0.880 bits per heavy atom. The Labute approximate surface area is 143 Å². The molecule has 2 nitrogen and oxygen atoms in total. The standard InChI is InChI=1S/C16H10F6O2S/c17-15(18,19)11-4-9(5-12(6-11)16(20,21)22)8-1-2-13(14(23)24)10(3-8)7-25/h1-6,25H,7H2,(H,23,24). The molecule has 0 radical (unpaired) electrons. The summed E-state index contributed by atoms with van der Waals surface area (Å²) in [6.07, 6.45) is -9.91. The van der Waals surface area contributed by atoms with Gasteiger partial charge in [0.15, 0.2) is 0 Å². The summed E-state index contributed by atoms with van der Waals surface area (Å²) >= 11 is 3.94. The van der Waals surface area contributed by atoms with Crippen molar-refractivity contribution in [2.24, 2.45) is 0 Å². The van der Waals surface area contributed by atoms with Crippen LogP contribution in [0.5, 0.6) is 0 Å². The minimum absolute atomic E-state index is 0.0330. The molecule has 0 heterocycles. The molecule has 0 aromatic heterocycles. The second-order valence-electron chi connectivity index (χ2n) is 5.13. The van der Waals surface area contributed by atoms with Gasteiger partial charge in [-0.1, -0.05) is 6.07 Å². The van der Waals surface area contributed by atoms with Gasteiger partial charge in [0.1, 0.15) is 0 Å². The maximum Gasteiger partial charge on any atom is 0.416 e. The van der Waals surface area contributed by atoms with Crippen LogP contribution in [-0.2, 0) is 18.1 Å². The van der Waals surface area contributed by atoms with E-state index in [1.807, 2.05) is 0 Å². The van der Waals surface area contributed by atoms with E-state index >= 15 is 0 Å². The van der Waals surface area contributed by atoms with E-state index < -0.39 is 29.4 Å². The van der Waals surface area contributed by atoms with Crippen LogP contribution in [0.4, 0.5) is 26.3 Å². The molecule has 0 aliphatic rings. The van der Waals surface area contributed by atoms with Crippen molar-refractivity contribution in [2.45, 2.75) is 18.1 Å². The van der Waals surface area contributed by atoms with Gasteiger partial charge in [-0.15, -0.1) is 0 Å². The van der Waals surface area contributed by atoms with Gasteiger partial charge in [0.25, 0.3) is 0 Å². The summed E-state index contributed by atoms with van der Waals surface area (Å²) in [7, 11) is 0. The molecule has 0 aliphatic carbocycles. The van der Waals surface area contributed by atoms with Crippen molar-refractivity contribution in [2.75, 3.05) is 0 Å². The Morgan fingerprint density at radius 2 is 1.40 bits per heavy atom. The zero-order chi connectivity index (χ0) is 19.0. The Hall–Kier alpha value is -2.16. The summed E-state index contributed by atoms with van der Waals surface area (Å²) in [6.45, 7) is 0. The topological polar surface area (TPSA) is 37.3 Å². The fraction of sp³-hybridized carbons (Fsp3) is 0.188. The van der Waals surface area contributed by atoms with Crippen molar-refractivity contribution in [3.63, 3.8) is 0 Å². The van der Waals surface area contributed by atoms with Gasteiger partial charge in [0.05, 0.1) is 16.7 Å². The lowest BCUT2D eigenvalue weighted by Crippen LogP contribution is -2.11. The molecule has 1 N–H and O–H groups in total. The zero-order valence-corrected chi connectivity index (χ0v) is 13.1. The number of carboxylic acid groups (broad SMARTS) is 1. The molecule has 0 amide bonds. The molecule has 0 bridgehead atoms. The lowest BCUT2D eigenvalue weighted by atomic mass is 9.96. The molecule has 2 aromatic rings. The predicted molar refractivity (Wildman–Crippen MR) is 81.5 cm³/mol. The van der Waals surface area contributed by atoms with Crippen LogP contribution in [0.1, 0.15) is 27.0 Å². The minimum atomic E-state index is -4.95. The Balaban J connectivity index is 2.68. The van der Waals surface area contributed by atoms with Crippen LogP contribution >= 0.6 is 12.6 Å². The van der Waals surface area contributed by atoms with Crippen molar-refractivity contribution in [3.05, 3.63) is 58.7 Å². The third-order valence-corrected chi connectivity index (χ3v) is 3.77. The first-order valence-electron chi connectivity index (χ1n) is 6.70. The van der Waals surface area contributed by atoms with Crippen molar-refractivity contribution in [3.8, 4) is 11.1 Å². The van der Waals surface area contributed by atoms with E-state index in [0.29, 0.717) is 12.1 Å². The van der Waals surface area contributed by atoms with Crippen molar-refractivity contribution in [1.82, 2.24) is 0 Å². The van der Waals surface area contributed by atoms with E-state index in [2.05, 4.69) is 12.6 Å². The Bertz CT molecular complexity index is 779. The number of carboxylic acids is 1. The average Bonchev–Trinajstić information content (AvgIpc) is 2.52. The fourth-order valence-electron chi connectivity index (χ4n) is 2.23. The van der Waals surface area contributed by atoms with Crippen molar-refractivity contribution in [1.29, 1.82) is 0 Å². The van der Waals surface area contributed by atoms with E-state index in [1.165, 1.54) is 6.07 Å². The number of aromatic carboxylic acids is 1. The van der Waals surface area contributed by atoms with E-state index in [-0.39, 0.29) is 34.1 Å². The highest BCUT2D eigenvalue weighted by Gasteiger charge is 2.37. The van der Waals surface area contributed by atoms with Gasteiger partial charge in [-0.25, -0.2) is 4.79 Å². The molecule has 0 saturated heterocycles. The van der Waals surface area contributed by atoms with Crippen molar-refractivity contribution < 1.29 is 36.2 Å². The second kappa shape index (κ2) is 6.62. The normalized spacial score (nSPS) is 12.3. The molecular weight excluding hydrogens is 370 g/mol. The van der Waals surface area contributed by atoms with Crippen molar-refractivity contribution >= 4 is 18.6 Å². The molecule has 134 valence electrons. The maximum atomic E-state index is 12.9. The number of benzene rings is 2. The number of carbonyl (C=O) groups is 1. The van der Waals surface area contributed by atoms with Gasteiger partial charge < -0.3 is 5.11 Å². The first-order valence-corrected chi connectivity index (χ1v) is 7.33. The Morgan fingerprint density at radius 3 is 1.80 bits per heavy atom. The Kier molecular flexibility index (Phi) is 5.08. The molecule has 0 saturated carbocycles. The smallest absolute Gasteiger partial charge is 0.416 e. The second-order valence-corrected chi connectivity index (χ2v) is 5.45. The van der Waals surface area contributed by atoms with Gasteiger partial charge in [0.2, 0.25) is 0 Å². The summed E-state index contributed by atoms with van der Waals surface area (Å²) in [4.78, 5) is 11.1. The largest absolute Gasteiger partial charge is 0.478 e. The van der Waals surface area contributed by atoms with E-state index in [1.54, 1.807) is 0 Å². The number of rotatable bonds is 3. The SMILES string of the molecule is O=C(O)c1ccc(-c2cc(C(F)(F)F)cc(C(F)(F)F)c2)cc1CS. The van der Waals surface area contributed by atoms with Gasteiger partial charge in [-0.3, -0.25) is 0 Å². The van der Waals surface area contributed by atoms with E-state index in [9.17, 15) is 31.1 Å². The number of hydrogen-bond donors (Lipinski definition) is 2. The molecule has 2 rings (SSSR count). The van der Waals surface area contributed by atoms with Crippen LogP contribution < -0.4 is 0 Å². The molecule has 9 heteroatoms. The van der Waals surface area contributed by atoms with Crippen LogP contribution in [0.25, 0.3) is 11.1 Å². The van der Waals surface area contributed by atoms with E-state index in [4.69, 9.17) is 5.11 Å².